The molecule has 1 rings (SSSR count). The van der Waals surface area contributed by atoms with Gasteiger partial charge < -0.3 is 15.0 Å². The zero-order chi connectivity index (χ0) is 16.0. The van der Waals surface area contributed by atoms with Crippen LogP contribution in [0.15, 0.2) is 0 Å². The smallest absolute Gasteiger partial charge is 0.248 e. The highest BCUT2D eigenvalue weighted by molar-refractivity contribution is 5.99. The molecule has 2 atom stereocenters. The number of ether oxygens (including phenoxy) is 1. The molecular weight excluding hydrogens is 268 g/mol. The number of nitrogens with zero attached hydrogens (tertiary/aromatic N) is 1. The van der Waals surface area contributed by atoms with Gasteiger partial charge in [-0.15, -0.1) is 0 Å². The van der Waals surface area contributed by atoms with Crippen molar-refractivity contribution in [1.29, 1.82) is 0 Å². The van der Waals surface area contributed by atoms with Crippen molar-refractivity contribution >= 4 is 11.8 Å². The molecule has 1 N–H and O–H groups in total. The molecule has 1 saturated heterocycles. The van der Waals surface area contributed by atoms with Gasteiger partial charge >= 0.3 is 0 Å². The highest BCUT2D eigenvalue weighted by Crippen LogP contribution is 2.25. The lowest BCUT2D eigenvalue weighted by Crippen LogP contribution is -2.70. The summed E-state index contributed by atoms with van der Waals surface area (Å²) in [6.07, 6.45) is 3.52. The minimum atomic E-state index is -0.755. The van der Waals surface area contributed by atoms with E-state index in [-0.39, 0.29) is 23.8 Å². The van der Waals surface area contributed by atoms with Gasteiger partial charge in [0.05, 0.1) is 0 Å². The maximum absolute atomic E-state index is 12.7. The molecule has 122 valence electrons. The van der Waals surface area contributed by atoms with E-state index >= 15 is 0 Å². The lowest BCUT2D eigenvalue weighted by atomic mass is 9.88. The van der Waals surface area contributed by atoms with E-state index < -0.39 is 5.54 Å². The van der Waals surface area contributed by atoms with Crippen LogP contribution in [0.5, 0.6) is 0 Å². The number of nitrogens with one attached hydrogen (secondary N) is 1. The standard InChI is InChI=1S/C16H30N2O3/c1-6-16(4)15(20)18(10-8-7-9-11-21-5)13(12(2)3)14(19)17-16/h12-13H,6-11H2,1-5H3,(H,17,19). The first-order valence-corrected chi connectivity index (χ1v) is 7.99. The van der Waals surface area contributed by atoms with Gasteiger partial charge in [-0.05, 0) is 38.5 Å². The Labute approximate surface area is 128 Å². The predicted molar refractivity (Wildman–Crippen MR) is 82.9 cm³/mol. The number of rotatable bonds is 8. The van der Waals surface area contributed by atoms with Crippen LogP contribution in [0.3, 0.4) is 0 Å². The number of amides is 2. The molecule has 0 radical (unpaired) electrons. The Morgan fingerprint density at radius 3 is 2.48 bits per heavy atom. The van der Waals surface area contributed by atoms with Gasteiger partial charge in [-0.1, -0.05) is 20.8 Å². The molecule has 21 heavy (non-hydrogen) atoms. The zero-order valence-electron chi connectivity index (χ0n) is 14.1. The number of methoxy groups -OCH3 is 1. The monoisotopic (exact) mass is 298 g/mol. The number of carbonyl (C=O) groups is 2. The molecular formula is C16H30N2O3. The summed E-state index contributed by atoms with van der Waals surface area (Å²) >= 11 is 0. The molecule has 1 fully saturated rings. The number of unbranched alkanes of at least 4 members (excludes halogenated alkanes) is 2. The van der Waals surface area contributed by atoms with E-state index in [1.165, 1.54) is 0 Å². The van der Waals surface area contributed by atoms with Gasteiger partial charge in [0.2, 0.25) is 11.8 Å². The maximum Gasteiger partial charge on any atom is 0.248 e. The van der Waals surface area contributed by atoms with E-state index in [0.29, 0.717) is 13.0 Å². The van der Waals surface area contributed by atoms with E-state index in [1.807, 2.05) is 27.7 Å². The number of hydrogen-bond acceptors (Lipinski definition) is 3. The quantitative estimate of drug-likeness (QED) is 0.697. The van der Waals surface area contributed by atoms with Crippen LogP contribution < -0.4 is 5.32 Å². The normalized spacial score (nSPS) is 26.4. The van der Waals surface area contributed by atoms with E-state index in [4.69, 9.17) is 4.74 Å². The van der Waals surface area contributed by atoms with Crippen molar-refractivity contribution in [3.63, 3.8) is 0 Å². The highest BCUT2D eigenvalue weighted by atomic mass is 16.5. The summed E-state index contributed by atoms with van der Waals surface area (Å²) in [6.45, 7) is 9.13. The van der Waals surface area contributed by atoms with E-state index in [9.17, 15) is 9.59 Å². The first-order chi connectivity index (χ1) is 9.87. The molecule has 2 unspecified atom stereocenters. The SMILES string of the molecule is CCC1(C)NC(=O)C(C(C)C)N(CCCCCOC)C1=O. The highest BCUT2D eigenvalue weighted by Gasteiger charge is 2.47. The summed E-state index contributed by atoms with van der Waals surface area (Å²) in [5.41, 5.74) is -0.755. The third-order valence-electron chi connectivity index (χ3n) is 4.32. The Morgan fingerprint density at radius 2 is 1.95 bits per heavy atom. The Balaban J connectivity index is 2.76. The van der Waals surface area contributed by atoms with Crippen LogP contribution in [0.1, 0.15) is 53.4 Å². The van der Waals surface area contributed by atoms with Gasteiger partial charge in [0, 0.05) is 20.3 Å². The molecule has 2 amide bonds. The van der Waals surface area contributed by atoms with Crippen LogP contribution in [0.2, 0.25) is 0 Å². The minimum Gasteiger partial charge on any atom is -0.385 e. The third-order valence-corrected chi connectivity index (χ3v) is 4.32. The van der Waals surface area contributed by atoms with Crippen molar-refractivity contribution in [2.45, 2.75) is 65.0 Å². The van der Waals surface area contributed by atoms with Crippen molar-refractivity contribution in [2.75, 3.05) is 20.3 Å². The molecule has 5 heteroatoms. The molecule has 0 spiro atoms. The fourth-order valence-corrected chi connectivity index (χ4v) is 2.83. The average Bonchev–Trinajstić information content (AvgIpc) is 2.43. The lowest BCUT2D eigenvalue weighted by molar-refractivity contribution is -0.156. The Bertz CT molecular complexity index is 371. The molecule has 0 bridgehead atoms. The van der Waals surface area contributed by atoms with Crippen LogP contribution in [0.4, 0.5) is 0 Å². The second kappa shape index (κ2) is 7.78. The van der Waals surface area contributed by atoms with Crippen molar-refractivity contribution < 1.29 is 14.3 Å². The molecule has 1 heterocycles. The number of piperazine rings is 1. The molecule has 1 aliphatic heterocycles. The van der Waals surface area contributed by atoms with Gasteiger partial charge in [-0.25, -0.2) is 0 Å². The summed E-state index contributed by atoms with van der Waals surface area (Å²) in [7, 11) is 1.69. The topological polar surface area (TPSA) is 58.6 Å². The van der Waals surface area contributed by atoms with Crippen LogP contribution in [0, 0.1) is 5.92 Å². The molecule has 0 aromatic rings. The molecule has 0 aromatic heterocycles. The van der Waals surface area contributed by atoms with Crippen LogP contribution in [-0.2, 0) is 14.3 Å². The van der Waals surface area contributed by atoms with Gasteiger partial charge in [0.25, 0.3) is 0 Å². The summed E-state index contributed by atoms with van der Waals surface area (Å²) in [5, 5.41) is 2.91. The fraction of sp³-hybridized carbons (Fsp3) is 0.875. The van der Waals surface area contributed by atoms with Crippen LogP contribution in [-0.4, -0.2) is 48.6 Å². The second-order valence-electron chi connectivity index (χ2n) is 6.42. The number of hydrogen-bond donors (Lipinski definition) is 1. The van der Waals surface area contributed by atoms with Crippen molar-refractivity contribution in [1.82, 2.24) is 10.2 Å². The first-order valence-electron chi connectivity index (χ1n) is 7.99. The number of carbonyl (C=O) groups excluding carboxylic acids is 2. The van der Waals surface area contributed by atoms with E-state index in [1.54, 1.807) is 12.0 Å². The van der Waals surface area contributed by atoms with Crippen LogP contribution in [0.25, 0.3) is 0 Å². The Kier molecular flexibility index (Phi) is 6.65. The van der Waals surface area contributed by atoms with Gasteiger partial charge in [-0.3, -0.25) is 9.59 Å². The predicted octanol–water partition coefficient (Wildman–Crippen LogP) is 1.95. The van der Waals surface area contributed by atoms with Crippen molar-refractivity contribution in [3.8, 4) is 0 Å². The van der Waals surface area contributed by atoms with E-state index in [2.05, 4.69) is 5.32 Å². The molecule has 5 nitrogen and oxygen atoms in total. The van der Waals surface area contributed by atoms with Crippen molar-refractivity contribution in [3.05, 3.63) is 0 Å². The first kappa shape index (κ1) is 18.0. The summed E-state index contributed by atoms with van der Waals surface area (Å²) < 4.78 is 5.04. The van der Waals surface area contributed by atoms with E-state index in [0.717, 1.165) is 25.9 Å². The maximum atomic E-state index is 12.7. The average molecular weight is 298 g/mol. The Morgan fingerprint density at radius 1 is 1.29 bits per heavy atom. The van der Waals surface area contributed by atoms with Crippen LogP contribution >= 0.6 is 0 Å². The van der Waals surface area contributed by atoms with Gasteiger partial charge in [0.15, 0.2) is 0 Å². The molecule has 0 aliphatic carbocycles. The third kappa shape index (κ3) is 4.19. The lowest BCUT2D eigenvalue weighted by Gasteiger charge is -2.45. The molecule has 0 saturated carbocycles. The van der Waals surface area contributed by atoms with Gasteiger partial charge in [0.1, 0.15) is 11.6 Å². The zero-order valence-corrected chi connectivity index (χ0v) is 14.1. The summed E-state index contributed by atoms with van der Waals surface area (Å²) in [6, 6.07) is -0.348. The minimum absolute atomic E-state index is 0.0224. The Hall–Kier alpha value is -1.10. The largest absolute Gasteiger partial charge is 0.385 e. The fourth-order valence-electron chi connectivity index (χ4n) is 2.83. The second-order valence-corrected chi connectivity index (χ2v) is 6.42. The van der Waals surface area contributed by atoms with Gasteiger partial charge in [-0.2, -0.15) is 0 Å². The molecule has 1 aliphatic rings. The van der Waals surface area contributed by atoms with Crippen molar-refractivity contribution in [2.24, 2.45) is 5.92 Å². The summed E-state index contributed by atoms with van der Waals surface area (Å²) in [4.78, 5) is 26.9. The molecule has 0 aromatic carbocycles. The summed E-state index contributed by atoms with van der Waals surface area (Å²) in [5.74, 6) is 0.148.